The van der Waals surface area contributed by atoms with Gasteiger partial charge in [0.2, 0.25) is 23.6 Å². The summed E-state index contributed by atoms with van der Waals surface area (Å²) in [7, 11) is 6.56. The van der Waals surface area contributed by atoms with Crippen LogP contribution in [0, 0.1) is 0 Å². The summed E-state index contributed by atoms with van der Waals surface area (Å²) in [5.74, 6) is -0.0231. The number of nitrogens with one attached hydrogen (secondary N) is 1. The zero-order chi connectivity index (χ0) is 15.6. The Morgan fingerprint density at radius 1 is 1.11 bits per heavy atom. The maximum absolute atomic E-state index is 10.5. The summed E-state index contributed by atoms with van der Waals surface area (Å²) in [5, 5.41) is 2.39. The number of carbonyl (C=O) groups excluding carboxylic acids is 4. The van der Waals surface area contributed by atoms with E-state index in [-0.39, 0.29) is 23.6 Å². The summed E-state index contributed by atoms with van der Waals surface area (Å²) in [6.07, 6.45) is 0.796. The molecular formula is C12H23N3O4. The normalized spacial score (nSPS) is 12.8. The molecule has 0 atom stereocenters. The summed E-state index contributed by atoms with van der Waals surface area (Å²) in [6, 6.07) is 0. The van der Waals surface area contributed by atoms with Crippen LogP contribution in [0.1, 0.15) is 26.7 Å². The Labute approximate surface area is 113 Å². The van der Waals surface area contributed by atoms with Crippen molar-refractivity contribution < 1.29 is 19.2 Å². The highest BCUT2D eigenvalue weighted by atomic mass is 16.2. The van der Waals surface area contributed by atoms with E-state index in [9.17, 15) is 19.2 Å². The van der Waals surface area contributed by atoms with Crippen LogP contribution in [0.15, 0.2) is 0 Å². The first-order chi connectivity index (χ1) is 8.63. The molecule has 1 aliphatic heterocycles. The average molecular weight is 273 g/mol. The molecule has 1 heterocycles. The molecule has 0 aromatic carbocycles. The Hall–Kier alpha value is -1.92. The molecule has 0 aliphatic carbocycles. The highest BCUT2D eigenvalue weighted by Gasteiger charge is 2.24. The van der Waals surface area contributed by atoms with Crippen LogP contribution in [0.3, 0.4) is 0 Å². The maximum atomic E-state index is 10.5. The average Bonchev–Trinajstić information content (AvgIpc) is 2.62. The van der Waals surface area contributed by atoms with Gasteiger partial charge in [-0.2, -0.15) is 0 Å². The number of hydrogen-bond donors (Lipinski definition) is 1. The second-order valence-corrected chi connectivity index (χ2v) is 4.07. The molecule has 1 fully saturated rings. The van der Waals surface area contributed by atoms with Crippen molar-refractivity contribution in [3.05, 3.63) is 0 Å². The smallest absolute Gasteiger partial charge is 0.229 e. The van der Waals surface area contributed by atoms with E-state index in [1.54, 1.807) is 21.1 Å². The molecule has 110 valence electrons. The third kappa shape index (κ3) is 10.9. The van der Waals surface area contributed by atoms with Gasteiger partial charge in [0.25, 0.3) is 0 Å². The van der Waals surface area contributed by atoms with Gasteiger partial charge in [-0.1, -0.05) is 0 Å². The quantitative estimate of drug-likeness (QED) is 0.609. The number of amides is 4. The Morgan fingerprint density at radius 3 is 1.42 bits per heavy atom. The molecule has 0 aromatic heterocycles. The molecule has 0 aromatic rings. The molecule has 1 N–H and O–H groups in total. The van der Waals surface area contributed by atoms with Crippen molar-refractivity contribution in [3.63, 3.8) is 0 Å². The van der Waals surface area contributed by atoms with E-state index in [0.29, 0.717) is 12.8 Å². The summed E-state index contributed by atoms with van der Waals surface area (Å²) >= 11 is 0. The van der Waals surface area contributed by atoms with Crippen molar-refractivity contribution in [2.24, 2.45) is 0 Å². The highest BCUT2D eigenvalue weighted by molar-refractivity contribution is 6.01. The molecule has 0 unspecified atom stereocenters. The SMILES string of the molecule is CC(=O)N(C)C.CN1C(=O)CCC1=O.CNC(C)=O. The lowest BCUT2D eigenvalue weighted by atomic mass is 10.4. The lowest BCUT2D eigenvalue weighted by Crippen LogP contribution is -2.23. The number of imide groups is 1. The molecule has 1 saturated heterocycles. The van der Waals surface area contributed by atoms with E-state index in [1.165, 1.54) is 30.7 Å². The van der Waals surface area contributed by atoms with Gasteiger partial charge in [-0.15, -0.1) is 0 Å². The Balaban J connectivity index is 0. The van der Waals surface area contributed by atoms with E-state index < -0.39 is 0 Å². The fourth-order valence-corrected chi connectivity index (χ4v) is 0.688. The van der Waals surface area contributed by atoms with E-state index >= 15 is 0 Å². The molecule has 7 heteroatoms. The lowest BCUT2D eigenvalue weighted by Gasteiger charge is -2.02. The van der Waals surface area contributed by atoms with Crippen molar-refractivity contribution >= 4 is 23.6 Å². The van der Waals surface area contributed by atoms with E-state index in [0.717, 1.165) is 0 Å². The minimum Gasteiger partial charge on any atom is -0.359 e. The Morgan fingerprint density at radius 2 is 1.37 bits per heavy atom. The van der Waals surface area contributed by atoms with Crippen molar-refractivity contribution in [1.29, 1.82) is 0 Å². The van der Waals surface area contributed by atoms with Gasteiger partial charge in [-0.3, -0.25) is 24.1 Å². The van der Waals surface area contributed by atoms with Crippen LogP contribution < -0.4 is 5.32 Å². The first kappa shape index (κ1) is 19.4. The van der Waals surface area contributed by atoms with Crippen molar-refractivity contribution in [2.45, 2.75) is 26.7 Å². The highest BCUT2D eigenvalue weighted by Crippen LogP contribution is 2.07. The van der Waals surface area contributed by atoms with Gasteiger partial charge in [0.1, 0.15) is 0 Å². The third-order valence-corrected chi connectivity index (χ3v) is 2.28. The molecule has 0 bridgehead atoms. The van der Waals surface area contributed by atoms with E-state index in [2.05, 4.69) is 5.32 Å². The summed E-state index contributed by atoms with van der Waals surface area (Å²) in [6.45, 7) is 3.00. The molecule has 1 aliphatic rings. The van der Waals surface area contributed by atoms with Crippen LogP contribution in [0.4, 0.5) is 0 Å². The lowest BCUT2D eigenvalue weighted by molar-refractivity contribution is -0.136. The predicted molar refractivity (Wildman–Crippen MR) is 71.1 cm³/mol. The summed E-state index contributed by atoms with van der Waals surface area (Å²) in [4.78, 5) is 43.4. The summed E-state index contributed by atoms with van der Waals surface area (Å²) in [5.41, 5.74) is 0. The monoisotopic (exact) mass is 273 g/mol. The fourth-order valence-electron chi connectivity index (χ4n) is 0.688. The number of rotatable bonds is 0. The van der Waals surface area contributed by atoms with Crippen LogP contribution in [0.2, 0.25) is 0 Å². The zero-order valence-corrected chi connectivity index (χ0v) is 12.4. The molecular weight excluding hydrogens is 250 g/mol. The van der Waals surface area contributed by atoms with Gasteiger partial charge in [0.05, 0.1) is 0 Å². The molecule has 0 spiro atoms. The third-order valence-electron chi connectivity index (χ3n) is 2.28. The van der Waals surface area contributed by atoms with Gasteiger partial charge >= 0.3 is 0 Å². The minimum atomic E-state index is -0.0602. The maximum Gasteiger partial charge on any atom is 0.229 e. The van der Waals surface area contributed by atoms with Gasteiger partial charge < -0.3 is 10.2 Å². The topological polar surface area (TPSA) is 86.8 Å². The van der Waals surface area contributed by atoms with Crippen LogP contribution in [-0.4, -0.2) is 61.6 Å². The summed E-state index contributed by atoms with van der Waals surface area (Å²) < 4.78 is 0. The predicted octanol–water partition coefficient (Wildman–Crippen LogP) is -0.388. The van der Waals surface area contributed by atoms with Crippen molar-refractivity contribution in [2.75, 3.05) is 28.2 Å². The standard InChI is InChI=1S/C5H7NO2.C4H9NO.C3H7NO/c1-6-4(7)2-3-5(6)8;1-4(6)5(2)3;1-3(5)4-2/h2-3H2,1H3;1-3H3;1-2H3,(H,4,5). The second-order valence-electron chi connectivity index (χ2n) is 4.07. The molecule has 7 nitrogen and oxygen atoms in total. The van der Waals surface area contributed by atoms with Gasteiger partial charge in [-0.05, 0) is 0 Å². The first-order valence-corrected chi connectivity index (χ1v) is 5.79. The molecule has 0 saturated carbocycles. The van der Waals surface area contributed by atoms with E-state index in [4.69, 9.17) is 0 Å². The van der Waals surface area contributed by atoms with Crippen molar-refractivity contribution in [3.8, 4) is 0 Å². The second kappa shape index (κ2) is 10.0. The number of likely N-dealkylation sites (tertiary alicyclic amines) is 1. The van der Waals surface area contributed by atoms with Gasteiger partial charge in [0, 0.05) is 54.9 Å². The van der Waals surface area contributed by atoms with Gasteiger partial charge in [0.15, 0.2) is 0 Å². The fraction of sp³-hybridized carbons (Fsp3) is 0.667. The number of nitrogens with zero attached hydrogens (tertiary/aromatic N) is 2. The minimum absolute atomic E-state index is 0.00463. The van der Waals surface area contributed by atoms with Crippen LogP contribution in [-0.2, 0) is 19.2 Å². The van der Waals surface area contributed by atoms with Crippen molar-refractivity contribution in [1.82, 2.24) is 15.1 Å². The number of carbonyl (C=O) groups is 4. The molecule has 0 radical (unpaired) electrons. The Kier molecular flexibility index (Phi) is 10.3. The van der Waals surface area contributed by atoms with Crippen LogP contribution in [0.5, 0.6) is 0 Å². The number of hydrogen-bond acceptors (Lipinski definition) is 4. The van der Waals surface area contributed by atoms with Gasteiger partial charge in [-0.25, -0.2) is 0 Å². The molecule has 4 amide bonds. The van der Waals surface area contributed by atoms with E-state index in [1.807, 2.05) is 0 Å². The van der Waals surface area contributed by atoms with Crippen LogP contribution >= 0.6 is 0 Å². The largest absolute Gasteiger partial charge is 0.359 e. The van der Waals surface area contributed by atoms with Crippen LogP contribution in [0.25, 0.3) is 0 Å². The molecule has 1 rings (SSSR count). The molecule has 19 heavy (non-hydrogen) atoms. The first-order valence-electron chi connectivity index (χ1n) is 5.79. The zero-order valence-electron chi connectivity index (χ0n) is 12.4. The Bertz CT molecular complexity index is 324.